The molecule has 0 aliphatic rings. The molecule has 21 heavy (non-hydrogen) atoms. The Morgan fingerprint density at radius 1 is 1.38 bits per heavy atom. The lowest BCUT2D eigenvalue weighted by Crippen LogP contribution is -2.10. The van der Waals surface area contributed by atoms with Crippen LogP contribution in [0.4, 0.5) is 0 Å². The van der Waals surface area contributed by atoms with Crippen molar-refractivity contribution in [3.8, 4) is 0 Å². The first kappa shape index (κ1) is 13.8. The minimum Gasteiger partial charge on any atom is -0.476 e. The molecule has 0 saturated carbocycles. The third-order valence-electron chi connectivity index (χ3n) is 3.40. The molecular formula is C15H15N3O2S. The van der Waals surface area contributed by atoms with Crippen molar-refractivity contribution in [1.82, 2.24) is 15.0 Å². The summed E-state index contributed by atoms with van der Waals surface area (Å²) >= 11 is 1.68. The fourth-order valence-corrected chi connectivity index (χ4v) is 3.43. The van der Waals surface area contributed by atoms with E-state index in [9.17, 15) is 9.90 Å². The number of aromatic carboxylic acids is 1. The number of hydrogen-bond donors (Lipinski definition) is 1. The topological polar surface area (TPSA) is 68.0 Å². The minimum absolute atomic E-state index is 0.0459. The van der Waals surface area contributed by atoms with Gasteiger partial charge in [0.2, 0.25) is 0 Å². The number of hydrogen-bond acceptors (Lipinski definition) is 4. The number of rotatable bonds is 4. The third kappa shape index (κ3) is 2.42. The van der Waals surface area contributed by atoms with Gasteiger partial charge in [-0.25, -0.2) is 9.48 Å². The largest absolute Gasteiger partial charge is 0.476 e. The van der Waals surface area contributed by atoms with Gasteiger partial charge in [0, 0.05) is 4.70 Å². The van der Waals surface area contributed by atoms with Crippen molar-refractivity contribution in [3.05, 3.63) is 46.6 Å². The van der Waals surface area contributed by atoms with Crippen LogP contribution in [0.1, 0.15) is 41.5 Å². The van der Waals surface area contributed by atoms with Crippen LogP contribution in [0, 0.1) is 0 Å². The molecule has 108 valence electrons. The van der Waals surface area contributed by atoms with Crippen LogP contribution in [0.2, 0.25) is 0 Å². The van der Waals surface area contributed by atoms with Crippen LogP contribution < -0.4 is 0 Å². The van der Waals surface area contributed by atoms with E-state index in [0.717, 1.165) is 5.56 Å². The minimum atomic E-state index is -1.03. The molecule has 5 nitrogen and oxygen atoms in total. The first-order valence-electron chi connectivity index (χ1n) is 6.69. The molecule has 0 fully saturated rings. The second-order valence-corrected chi connectivity index (χ2v) is 6.11. The first-order chi connectivity index (χ1) is 10.1. The lowest BCUT2D eigenvalue weighted by atomic mass is 10.1. The standard InChI is InChI=1S/C15H15N3O2S/c1-9(2)14-13(15(19)20)16-17-18(14)7-10-8-21-12-6-4-3-5-11(10)12/h3-6,8-9H,7H2,1-2H3,(H,19,20). The summed E-state index contributed by atoms with van der Waals surface area (Å²) in [6, 6.07) is 8.17. The van der Waals surface area contributed by atoms with Crippen molar-refractivity contribution >= 4 is 27.4 Å². The van der Waals surface area contributed by atoms with Gasteiger partial charge in [-0.15, -0.1) is 16.4 Å². The Morgan fingerprint density at radius 2 is 2.14 bits per heavy atom. The number of carboxylic acid groups (broad SMARTS) is 1. The van der Waals surface area contributed by atoms with E-state index >= 15 is 0 Å². The van der Waals surface area contributed by atoms with Gasteiger partial charge in [-0.1, -0.05) is 37.3 Å². The molecule has 0 saturated heterocycles. The fourth-order valence-electron chi connectivity index (χ4n) is 2.48. The van der Waals surface area contributed by atoms with Gasteiger partial charge in [0.15, 0.2) is 5.69 Å². The number of carboxylic acids is 1. The summed E-state index contributed by atoms with van der Waals surface area (Å²) in [5.41, 5.74) is 1.85. The van der Waals surface area contributed by atoms with Crippen molar-refractivity contribution in [2.24, 2.45) is 0 Å². The maximum atomic E-state index is 11.2. The Hall–Kier alpha value is -2.21. The Labute approximate surface area is 125 Å². The molecule has 0 atom stereocenters. The molecule has 0 radical (unpaired) electrons. The summed E-state index contributed by atoms with van der Waals surface area (Å²) in [7, 11) is 0. The van der Waals surface area contributed by atoms with Crippen LogP contribution in [-0.4, -0.2) is 26.1 Å². The third-order valence-corrected chi connectivity index (χ3v) is 4.42. The highest BCUT2D eigenvalue weighted by Gasteiger charge is 2.21. The lowest BCUT2D eigenvalue weighted by molar-refractivity contribution is 0.0688. The predicted molar refractivity (Wildman–Crippen MR) is 82.0 cm³/mol. The van der Waals surface area contributed by atoms with Crippen molar-refractivity contribution in [1.29, 1.82) is 0 Å². The lowest BCUT2D eigenvalue weighted by Gasteiger charge is -2.09. The molecule has 0 amide bonds. The zero-order valence-corrected chi connectivity index (χ0v) is 12.6. The van der Waals surface area contributed by atoms with E-state index in [1.165, 1.54) is 10.1 Å². The normalized spacial score (nSPS) is 11.4. The molecule has 2 heterocycles. The summed E-state index contributed by atoms with van der Waals surface area (Å²) < 4.78 is 2.92. The van der Waals surface area contributed by atoms with Gasteiger partial charge in [0.1, 0.15) is 0 Å². The van der Waals surface area contributed by atoms with Crippen molar-refractivity contribution in [2.45, 2.75) is 26.3 Å². The van der Waals surface area contributed by atoms with E-state index in [2.05, 4.69) is 27.8 Å². The van der Waals surface area contributed by atoms with Crippen LogP contribution >= 0.6 is 11.3 Å². The molecule has 1 aromatic carbocycles. The van der Waals surface area contributed by atoms with Gasteiger partial charge in [-0.2, -0.15) is 0 Å². The van der Waals surface area contributed by atoms with Gasteiger partial charge < -0.3 is 5.11 Å². The smallest absolute Gasteiger partial charge is 0.358 e. The number of aromatic nitrogens is 3. The molecule has 1 N–H and O–H groups in total. The average molecular weight is 301 g/mol. The van der Waals surface area contributed by atoms with Crippen LogP contribution in [-0.2, 0) is 6.54 Å². The second kappa shape index (κ2) is 5.29. The molecule has 3 rings (SSSR count). The zero-order valence-electron chi connectivity index (χ0n) is 11.8. The highest BCUT2D eigenvalue weighted by atomic mass is 32.1. The Bertz CT molecular complexity index is 804. The maximum Gasteiger partial charge on any atom is 0.358 e. The van der Waals surface area contributed by atoms with Crippen molar-refractivity contribution < 1.29 is 9.90 Å². The van der Waals surface area contributed by atoms with Crippen LogP contribution in [0.3, 0.4) is 0 Å². The Balaban J connectivity index is 2.04. The number of fused-ring (bicyclic) bond motifs is 1. The highest BCUT2D eigenvalue weighted by molar-refractivity contribution is 7.17. The number of thiophene rings is 1. The van der Waals surface area contributed by atoms with Crippen LogP contribution in [0.25, 0.3) is 10.1 Å². The Kier molecular flexibility index (Phi) is 3.47. The summed E-state index contributed by atoms with van der Waals surface area (Å²) in [6.07, 6.45) is 0. The molecule has 6 heteroatoms. The number of carbonyl (C=O) groups is 1. The average Bonchev–Trinajstić information content (AvgIpc) is 3.04. The van der Waals surface area contributed by atoms with Gasteiger partial charge in [0.25, 0.3) is 0 Å². The van der Waals surface area contributed by atoms with Gasteiger partial charge in [-0.05, 0) is 28.3 Å². The number of nitrogens with zero attached hydrogens (tertiary/aromatic N) is 3. The summed E-state index contributed by atoms with van der Waals surface area (Å²) in [5.74, 6) is -0.976. The maximum absolute atomic E-state index is 11.2. The molecular weight excluding hydrogens is 286 g/mol. The van der Waals surface area contributed by atoms with E-state index in [1.54, 1.807) is 16.0 Å². The van der Waals surface area contributed by atoms with Crippen LogP contribution in [0.15, 0.2) is 29.6 Å². The molecule has 2 aromatic heterocycles. The quantitative estimate of drug-likeness (QED) is 0.802. The summed E-state index contributed by atoms with van der Waals surface area (Å²) in [4.78, 5) is 11.2. The molecule has 3 aromatic rings. The van der Waals surface area contributed by atoms with Gasteiger partial charge in [0.05, 0.1) is 12.2 Å². The Morgan fingerprint density at radius 3 is 2.86 bits per heavy atom. The van der Waals surface area contributed by atoms with E-state index in [-0.39, 0.29) is 11.6 Å². The molecule has 0 bridgehead atoms. The van der Waals surface area contributed by atoms with Gasteiger partial charge in [-0.3, -0.25) is 0 Å². The molecule has 0 unspecified atom stereocenters. The van der Waals surface area contributed by atoms with Crippen molar-refractivity contribution in [2.75, 3.05) is 0 Å². The molecule has 0 aliphatic carbocycles. The summed E-state index contributed by atoms with van der Waals surface area (Å²) in [6.45, 7) is 4.44. The summed E-state index contributed by atoms with van der Waals surface area (Å²) in [5, 5.41) is 20.3. The fraction of sp³-hybridized carbons (Fsp3) is 0.267. The van der Waals surface area contributed by atoms with E-state index in [1.807, 2.05) is 26.0 Å². The van der Waals surface area contributed by atoms with E-state index in [0.29, 0.717) is 12.2 Å². The first-order valence-corrected chi connectivity index (χ1v) is 7.57. The predicted octanol–water partition coefficient (Wildman–Crippen LogP) is 3.36. The SMILES string of the molecule is CC(C)c1c(C(=O)O)nnn1Cc1csc2ccccc12. The van der Waals surface area contributed by atoms with Crippen LogP contribution in [0.5, 0.6) is 0 Å². The highest BCUT2D eigenvalue weighted by Crippen LogP contribution is 2.27. The van der Waals surface area contributed by atoms with E-state index < -0.39 is 5.97 Å². The van der Waals surface area contributed by atoms with Gasteiger partial charge >= 0.3 is 5.97 Å². The number of benzene rings is 1. The molecule has 0 aliphatic heterocycles. The molecule has 0 spiro atoms. The zero-order chi connectivity index (χ0) is 15.0. The second-order valence-electron chi connectivity index (χ2n) is 5.20. The van der Waals surface area contributed by atoms with E-state index in [4.69, 9.17) is 0 Å². The monoisotopic (exact) mass is 301 g/mol. The van der Waals surface area contributed by atoms with Crippen molar-refractivity contribution in [3.63, 3.8) is 0 Å².